The van der Waals surface area contributed by atoms with Crippen molar-refractivity contribution in [3.63, 3.8) is 0 Å². The number of hydrogen-bond acceptors (Lipinski definition) is 6. The van der Waals surface area contributed by atoms with E-state index in [2.05, 4.69) is 21.3 Å². The molecule has 0 atom stereocenters. The quantitative estimate of drug-likeness (QED) is 0.192. The summed E-state index contributed by atoms with van der Waals surface area (Å²) in [5, 5.41) is 13.3. The van der Waals surface area contributed by atoms with Crippen LogP contribution in [0.25, 0.3) is 0 Å². The summed E-state index contributed by atoms with van der Waals surface area (Å²) in [7, 11) is 0. The van der Waals surface area contributed by atoms with Gasteiger partial charge in [0.25, 0.3) is 0 Å². The van der Waals surface area contributed by atoms with Crippen molar-refractivity contribution in [1.82, 2.24) is 21.3 Å². The molecule has 0 radical (unpaired) electrons. The maximum Gasteiger partial charge on any atom is 0.00772 e. The van der Waals surface area contributed by atoms with E-state index in [1.165, 1.54) is 0 Å². The topological polar surface area (TPSA) is 100 Å². The van der Waals surface area contributed by atoms with Crippen LogP contribution in [0.1, 0.15) is 6.42 Å². The molecule has 0 aromatic carbocycles. The maximum absolute atomic E-state index is 5.37. The van der Waals surface area contributed by atoms with E-state index in [-0.39, 0.29) is 0 Å². The van der Waals surface area contributed by atoms with Crippen molar-refractivity contribution in [2.75, 3.05) is 65.4 Å². The highest BCUT2D eigenvalue weighted by molar-refractivity contribution is 4.56. The molecule has 17 heavy (non-hydrogen) atoms. The third kappa shape index (κ3) is 15.8. The number of nitrogens with two attached hydrogens (primary N) is 2. The molecular formula is C11H30N6. The van der Waals surface area contributed by atoms with Gasteiger partial charge in [0.2, 0.25) is 0 Å². The van der Waals surface area contributed by atoms with E-state index in [9.17, 15) is 0 Å². The predicted octanol–water partition coefficient (Wildman–Crippen LogP) is -2.35. The van der Waals surface area contributed by atoms with Crippen molar-refractivity contribution in [2.24, 2.45) is 11.5 Å². The van der Waals surface area contributed by atoms with E-state index >= 15 is 0 Å². The Balaban J connectivity index is 2.85. The largest absolute Gasteiger partial charge is 0.329 e. The fourth-order valence-electron chi connectivity index (χ4n) is 1.40. The standard InChI is InChI=1S/C11H30N6/c12-2-6-14-4-1-5-15-8-10-17-11-9-16-7-3-13/h14-17H,1-13H2. The first-order valence-electron chi connectivity index (χ1n) is 6.64. The summed E-state index contributed by atoms with van der Waals surface area (Å²) in [4.78, 5) is 0. The molecule has 0 saturated carbocycles. The highest BCUT2D eigenvalue weighted by Gasteiger charge is 1.89. The molecule has 8 N–H and O–H groups in total. The zero-order valence-corrected chi connectivity index (χ0v) is 10.9. The second-order valence-corrected chi connectivity index (χ2v) is 3.93. The van der Waals surface area contributed by atoms with E-state index in [4.69, 9.17) is 11.5 Å². The van der Waals surface area contributed by atoms with Gasteiger partial charge >= 0.3 is 0 Å². The number of rotatable bonds is 14. The van der Waals surface area contributed by atoms with E-state index in [0.29, 0.717) is 6.54 Å². The Morgan fingerprint density at radius 3 is 1.29 bits per heavy atom. The Kier molecular flexibility index (Phi) is 15.5. The summed E-state index contributed by atoms with van der Waals surface area (Å²) in [6.45, 7) is 9.36. The molecule has 0 aliphatic rings. The van der Waals surface area contributed by atoms with Crippen LogP contribution < -0.4 is 32.7 Å². The third-order valence-corrected chi connectivity index (χ3v) is 2.31. The van der Waals surface area contributed by atoms with Crippen LogP contribution in [0, 0.1) is 0 Å². The summed E-state index contributed by atoms with van der Waals surface area (Å²) in [5.41, 5.74) is 10.7. The van der Waals surface area contributed by atoms with Crippen LogP contribution in [-0.2, 0) is 0 Å². The molecule has 0 amide bonds. The number of nitrogens with one attached hydrogen (secondary N) is 4. The lowest BCUT2D eigenvalue weighted by Gasteiger charge is -2.07. The molecule has 6 heteroatoms. The lowest BCUT2D eigenvalue weighted by Crippen LogP contribution is -2.34. The molecule has 104 valence electrons. The first-order valence-corrected chi connectivity index (χ1v) is 6.64. The summed E-state index contributed by atoms with van der Waals surface area (Å²) < 4.78 is 0. The van der Waals surface area contributed by atoms with Gasteiger partial charge in [-0.25, -0.2) is 0 Å². The van der Waals surface area contributed by atoms with Crippen LogP contribution in [0.3, 0.4) is 0 Å². The minimum Gasteiger partial charge on any atom is -0.329 e. The summed E-state index contributed by atoms with van der Waals surface area (Å²) >= 11 is 0. The molecule has 0 spiro atoms. The Hall–Kier alpha value is -0.240. The van der Waals surface area contributed by atoms with E-state index in [1.807, 2.05) is 0 Å². The SMILES string of the molecule is NCCNCCCNCCNCCNCCN. The van der Waals surface area contributed by atoms with Crippen LogP contribution in [0.15, 0.2) is 0 Å². The Morgan fingerprint density at radius 1 is 0.471 bits per heavy atom. The molecular weight excluding hydrogens is 216 g/mol. The van der Waals surface area contributed by atoms with Gasteiger partial charge in [-0.3, -0.25) is 0 Å². The molecule has 0 aromatic rings. The summed E-state index contributed by atoms with van der Waals surface area (Å²) in [5.74, 6) is 0. The fourth-order valence-corrected chi connectivity index (χ4v) is 1.40. The van der Waals surface area contributed by atoms with Crippen LogP contribution >= 0.6 is 0 Å². The molecule has 0 saturated heterocycles. The summed E-state index contributed by atoms with van der Waals surface area (Å²) in [6.07, 6.45) is 1.15. The van der Waals surface area contributed by atoms with Crippen molar-refractivity contribution >= 4 is 0 Å². The molecule has 0 heterocycles. The van der Waals surface area contributed by atoms with Gasteiger partial charge < -0.3 is 32.7 Å². The van der Waals surface area contributed by atoms with Crippen molar-refractivity contribution in [3.05, 3.63) is 0 Å². The van der Waals surface area contributed by atoms with Gasteiger partial charge in [0.1, 0.15) is 0 Å². The third-order valence-electron chi connectivity index (χ3n) is 2.31. The lowest BCUT2D eigenvalue weighted by molar-refractivity contribution is 0.563. The average molecular weight is 246 g/mol. The van der Waals surface area contributed by atoms with Gasteiger partial charge in [-0.15, -0.1) is 0 Å². The van der Waals surface area contributed by atoms with Gasteiger partial charge in [0.05, 0.1) is 0 Å². The van der Waals surface area contributed by atoms with E-state index in [1.54, 1.807) is 0 Å². The van der Waals surface area contributed by atoms with Crippen LogP contribution in [0.2, 0.25) is 0 Å². The Labute approximate surface area is 105 Å². The predicted molar refractivity (Wildman–Crippen MR) is 74.2 cm³/mol. The molecule has 0 aliphatic heterocycles. The monoisotopic (exact) mass is 246 g/mol. The van der Waals surface area contributed by atoms with Crippen LogP contribution in [0.4, 0.5) is 0 Å². The normalized spacial score (nSPS) is 10.9. The average Bonchev–Trinajstić information content (AvgIpc) is 2.35. The first kappa shape index (κ1) is 16.8. The van der Waals surface area contributed by atoms with E-state index in [0.717, 1.165) is 65.3 Å². The van der Waals surface area contributed by atoms with Crippen molar-refractivity contribution in [1.29, 1.82) is 0 Å². The minimum atomic E-state index is 0.708. The van der Waals surface area contributed by atoms with Crippen molar-refractivity contribution < 1.29 is 0 Å². The molecule has 0 fully saturated rings. The zero-order valence-electron chi connectivity index (χ0n) is 10.9. The molecule has 0 aromatic heterocycles. The van der Waals surface area contributed by atoms with Gasteiger partial charge in [0, 0.05) is 52.4 Å². The van der Waals surface area contributed by atoms with Gasteiger partial charge in [-0.05, 0) is 19.5 Å². The fraction of sp³-hybridized carbons (Fsp3) is 1.00. The zero-order chi connectivity index (χ0) is 12.6. The second-order valence-electron chi connectivity index (χ2n) is 3.93. The molecule has 0 rings (SSSR count). The van der Waals surface area contributed by atoms with Gasteiger partial charge in [0.15, 0.2) is 0 Å². The van der Waals surface area contributed by atoms with E-state index < -0.39 is 0 Å². The lowest BCUT2D eigenvalue weighted by atomic mass is 10.4. The van der Waals surface area contributed by atoms with Gasteiger partial charge in [-0.2, -0.15) is 0 Å². The van der Waals surface area contributed by atoms with Crippen molar-refractivity contribution in [3.8, 4) is 0 Å². The molecule has 6 nitrogen and oxygen atoms in total. The Bertz CT molecular complexity index is 119. The molecule has 0 bridgehead atoms. The highest BCUT2D eigenvalue weighted by atomic mass is 15.0. The van der Waals surface area contributed by atoms with Crippen LogP contribution in [0.5, 0.6) is 0 Å². The Morgan fingerprint density at radius 2 is 0.824 bits per heavy atom. The smallest absolute Gasteiger partial charge is 0.00772 e. The maximum atomic E-state index is 5.37. The van der Waals surface area contributed by atoms with Crippen molar-refractivity contribution in [2.45, 2.75) is 6.42 Å². The van der Waals surface area contributed by atoms with Crippen LogP contribution in [-0.4, -0.2) is 65.4 Å². The number of hydrogen-bond donors (Lipinski definition) is 6. The van der Waals surface area contributed by atoms with Gasteiger partial charge in [-0.1, -0.05) is 0 Å². The second kappa shape index (κ2) is 15.8. The first-order chi connectivity index (χ1) is 8.41. The molecule has 0 unspecified atom stereocenters. The minimum absolute atomic E-state index is 0.708. The summed E-state index contributed by atoms with van der Waals surface area (Å²) in [6, 6.07) is 0. The highest BCUT2D eigenvalue weighted by Crippen LogP contribution is 1.72. The molecule has 0 aliphatic carbocycles.